The third kappa shape index (κ3) is 15.5. The van der Waals surface area contributed by atoms with Gasteiger partial charge in [-0.25, -0.2) is 0 Å². The number of rotatable bonds is 22. The largest absolute Gasteiger partial charge is 0.390 e. The van der Waals surface area contributed by atoms with E-state index in [9.17, 15) is 50.4 Å². The molecule has 0 bridgehead atoms. The third-order valence-corrected chi connectivity index (χ3v) is 15.7. The molecular formula is C48H88N14O18. The van der Waals surface area contributed by atoms with Crippen molar-refractivity contribution < 1.29 is 88.3 Å². The molecule has 2 amide bonds. The predicted molar refractivity (Wildman–Crippen MR) is 279 cm³/mol. The Balaban J connectivity index is 0.801. The number of carbonyl (C=O) groups is 2. The zero-order chi connectivity index (χ0) is 58.3. The number of aliphatic hydroxyl groups excluding tert-OH is 8. The van der Waals surface area contributed by atoms with E-state index >= 15 is 0 Å². The van der Waals surface area contributed by atoms with E-state index in [1.165, 1.54) is 24.3 Å². The van der Waals surface area contributed by atoms with Gasteiger partial charge in [-0.15, -0.1) is 0 Å². The molecule has 6 aliphatic rings. The highest BCUT2D eigenvalue weighted by atomic mass is 16.7. The highest BCUT2D eigenvalue weighted by Gasteiger charge is 2.52. The number of ether oxygens (including phenoxy) is 8. The molecule has 80 heavy (non-hydrogen) atoms. The van der Waals surface area contributed by atoms with Crippen LogP contribution in [-0.2, 0) is 37.9 Å². The van der Waals surface area contributed by atoms with Crippen molar-refractivity contribution in [2.45, 2.75) is 197 Å². The molecule has 28 atom stereocenters. The number of aliphatic hydroxyl groups is 8. The Morgan fingerprint density at radius 3 is 1.06 bits per heavy atom. The molecule has 32 heteroatoms. The molecule has 28 unspecified atom stereocenters. The van der Waals surface area contributed by atoms with Crippen LogP contribution in [0.25, 0.3) is 0 Å². The monoisotopic (exact) mass is 1150 g/mol. The summed E-state index contributed by atoms with van der Waals surface area (Å²) in [6.07, 6.45) is -22.9. The lowest BCUT2D eigenvalue weighted by molar-refractivity contribution is -0.311. The molecular weight excluding hydrogens is 1060 g/mol. The van der Waals surface area contributed by atoms with Gasteiger partial charge in [0.1, 0.15) is 61.0 Å². The van der Waals surface area contributed by atoms with E-state index in [1.54, 1.807) is 0 Å². The average molecular weight is 1150 g/mol. The summed E-state index contributed by atoms with van der Waals surface area (Å²) in [5, 5.41) is 98.6. The predicted octanol–water partition coefficient (Wildman–Crippen LogP) is -12.2. The molecule has 458 valence electrons. The number of carbonyl (C=O) groups excluding carboxylic acids is 2. The van der Waals surface area contributed by atoms with E-state index in [0.29, 0.717) is 0 Å². The summed E-state index contributed by atoms with van der Waals surface area (Å²) < 4.78 is 47.5. The van der Waals surface area contributed by atoms with Gasteiger partial charge in [0.15, 0.2) is 25.2 Å². The van der Waals surface area contributed by atoms with Crippen LogP contribution in [0.5, 0.6) is 0 Å². The summed E-state index contributed by atoms with van der Waals surface area (Å²) >= 11 is 0. The molecule has 2 saturated carbocycles. The molecule has 0 radical (unpaired) electrons. The minimum absolute atomic E-state index is 0.00468. The van der Waals surface area contributed by atoms with Crippen molar-refractivity contribution in [1.82, 2.24) is 21.3 Å². The minimum atomic E-state index is -1.53. The standard InChI is InChI=1S/C48H88N14O18/c49-13-27-25(63)11-23(55)45(73-27)77-39-19(51)9-21(53)41(37(39)69)79-47-35(67)31(57)33(65)29(75-47)15-59-5-7-61-43(71)17-1-2-18(4-3-17)44(72)62-8-6-60-16-30-34(66)32(58)36(68)48(76-30)80-42-22(54)10-20(52)40(38(42)70)78-46-24(56)12-26(64)28(14-50)74-46/h1-4,19-42,45-48,59-60,63-70H,5-16,49-58H2,(H,61,71)(H,62,72). The summed E-state index contributed by atoms with van der Waals surface area (Å²) in [6, 6.07) is -1.22. The Kier molecular flexibility index (Phi) is 23.6. The first kappa shape index (κ1) is 64.6. The van der Waals surface area contributed by atoms with E-state index in [-0.39, 0.29) is 89.2 Å². The van der Waals surface area contributed by atoms with Gasteiger partial charge in [0, 0.05) is 87.7 Å². The first-order chi connectivity index (χ1) is 38.0. The highest BCUT2D eigenvalue weighted by Crippen LogP contribution is 2.33. The summed E-state index contributed by atoms with van der Waals surface area (Å²) in [4.78, 5) is 26.0. The SMILES string of the molecule is NCC1OC(OC2C(N)CC(N)C(OC3OC(CNCCNC(=O)c4ccc(C(=O)NCCNCC5OC(OC6C(N)CC(N)C(OC7OC(CN)C(O)CC7N)C6O)C(O)C(N)C5O)cc4)C(O)C(N)C3O)C2O)C(N)CC1O. The van der Waals surface area contributed by atoms with Gasteiger partial charge in [-0.2, -0.15) is 0 Å². The van der Waals surface area contributed by atoms with Crippen LogP contribution in [0.1, 0.15) is 46.4 Å². The summed E-state index contributed by atoms with van der Waals surface area (Å²) in [6.45, 7) is 0.730. The van der Waals surface area contributed by atoms with Crippen molar-refractivity contribution in [3.05, 3.63) is 35.4 Å². The van der Waals surface area contributed by atoms with Crippen LogP contribution in [0.2, 0.25) is 0 Å². The van der Waals surface area contributed by atoms with E-state index in [0.717, 1.165) is 0 Å². The zero-order valence-corrected chi connectivity index (χ0v) is 44.4. The lowest BCUT2D eigenvalue weighted by Gasteiger charge is -2.48. The lowest BCUT2D eigenvalue weighted by Crippen LogP contribution is -2.68. The third-order valence-electron chi connectivity index (χ3n) is 15.7. The van der Waals surface area contributed by atoms with Gasteiger partial charge in [0.25, 0.3) is 11.8 Å². The molecule has 32 N–H and O–H groups in total. The number of hydrogen-bond donors (Lipinski definition) is 22. The maximum Gasteiger partial charge on any atom is 0.251 e. The number of benzene rings is 1. The molecule has 0 spiro atoms. The topological polar surface area (TPSA) is 578 Å². The van der Waals surface area contributed by atoms with E-state index in [4.69, 9.17) is 95.2 Å². The van der Waals surface area contributed by atoms with Crippen LogP contribution in [-0.4, -0.2) is 276 Å². The van der Waals surface area contributed by atoms with Crippen LogP contribution >= 0.6 is 0 Å². The maximum absolute atomic E-state index is 13.0. The molecule has 4 aliphatic heterocycles. The molecule has 4 saturated heterocycles. The normalized spacial score (nSPS) is 44.5. The Bertz CT molecular complexity index is 1950. The van der Waals surface area contributed by atoms with Gasteiger partial charge >= 0.3 is 0 Å². The summed E-state index contributed by atoms with van der Waals surface area (Å²) in [5.74, 6) is -0.862. The van der Waals surface area contributed by atoms with Gasteiger partial charge in [-0.1, -0.05) is 0 Å². The number of nitrogens with two attached hydrogens (primary N) is 10. The Morgan fingerprint density at radius 1 is 0.425 bits per heavy atom. The molecule has 1 aromatic carbocycles. The Hall–Kier alpha value is -2.96. The van der Waals surface area contributed by atoms with Crippen molar-refractivity contribution in [3.8, 4) is 0 Å². The second kappa shape index (κ2) is 29.2. The van der Waals surface area contributed by atoms with E-state index < -0.39 is 183 Å². The highest BCUT2D eigenvalue weighted by molar-refractivity contribution is 5.97. The first-order valence-corrected chi connectivity index (χ1v) is 27.2. The summed E-state index contributed by atoms with van der Waals surface area (Å²) in [7, 11) is 0. The minimum Gasteiger partial charge on any atom is -0.390 e. The number of hydrogen-bond acceptors (Lipinski definition) is 30. The smallest absolute Gasteiger partial charge is 0.251 e. The number of amides is 2. The van der Waals surface area contributed by atoms with Gasteiger partial charge in [-0.05, 0) is 49.9 Å². The van der Waals surface area contributed by atoms with Crippen molar-refractivity contribution in [1.29, 1.82) is 0 Å². The quantitative estimate of drug-likeness (QED) is 0.0479. The van der Waals surface area contributed by atoms with Crippen LogP contribution in [0.3, 0.4) is 0 Å². The second-order valence-electron chi connectivity index (χ2n) is 21.7. The number of nitrogens with one attached hydrogen (secondary N) is 4. The fraction of sp³-hybridized carbons (Fsp3) is 0.833. The van der Waals surface area contributed by atoms with Crippen molar-refractivity contribution >= 4 is 11.8 Å². The maximum atomic E-state index is 13.0. The van der Waals surface area contributed by atoms with Crippen LogP contribution < -0.4 is 78.6 Å². The van der Waals surface area contributed by atoms with Gasteiger partial charge in [0.2, 0.25) is 0 Å². The Labute approximate surface area is 462 Å². The average Bonchev–Trinajstić information content (AvgIpc) is 3.44. The Morgan fingerprint density at radius 2 is 0.738 bits per heavy atom. The van der Waals surface area contributed by atoms with Crippen molar-refractivity contribution in [3.63, 3.8) is 0 Å². The fourth-order valence-electron chi connectivity index (χ4n) is 10.9. The molecule has 0 aromatic heterocycles. The van der Waals surface area contributed by atoms with Gasteiger partial charge in [0.05, 0.1) is 60.8 Å². The molecule has 4 heterocycles. The van der Waals surface area contributed by atoms with Crippen molar-refractivity contribution in [2.75, 3.05) is 52.4 Å². The van der Waals surface area contributed by atoms with Gasteiger partial charge in [-0.3, -0.25) is 9.59 Å². The van der Waals surface area contributed by atoms with Crippen LogP contribution in [0.15, 0.2) is 24.3 Å². The first-order valence-electron chi connectivity index (χ1n) is 27.2. The van der Waals surface area contributed by atoms with Crippen LogP contribution in [0, 0.1) is 0 Å². The lowest BCUT2D eigenvalue weighted by atomic mass is 9.84. The molecule has 2 aliphatic carbocycles. The molecule has 1 aromatic rings. The van der Waals surface area contributed by atoms with Crippen LogP contribution in [0.4, 0.5) is 0 Å². The van der Waals surface area contributed by atoms with E-state index in [2.05, 4.69) is 21.3 Å². The molecule has 6 fully saturated rings. The second-order valence-corrected chi connectivity index (χ2v) is 21.7. The van der Waals surface area contributed by atoms with E-state index in [1.807, 2.05) is 0 Å². The fourth-order valence-corrected chi connectivity index (χ4v) is 10.9. The van der Waals surface area contributed by atoms with Gasteiger partial charge < -0.3 is 157 Å². The zero-order valence-electron chi connectivity index (χ0n) is 44.4. The summed E-state index contributed by atoms with van der Waals surface area (Å²) in [5.41, 5.74) is 62.1. The molecule has 32 nitrogen and oxygen atoms in total. The molecule has 7 rings (SSSR count). The van der Waals surface area contributed by atoms with Crippen molar-refractivity contribution in [2.24, 2.45) is 57.3 Å².